The third-order valence-corrected chi connectivity index (χ3v) is 3.74. The lowest BCUT2D eigenvalue weighted by molar-refractivity contribution is 0.0685. The number of carboxylic acid groups (broad SMARTS) is 1. The minimum atomic E-state index is -1.18. The van der Waals surface area contributed by atoms with Crippen molar-refractivity contribution in [2.45, 2.75) is 19.3 Å². The minimum absolute atomic E-state index is 0.0547. The number of piperidine rings is 1. The summed E-state index contributed by atoms with van der Waals surface area (Å²) >= 11 is 0. The van der Waals surface area contributed by atoms with Gasteiger partial charge in [-0.25, -0.2) is 9.78 Å². The molecule has 0 aromatic carbocycles. The highest BCUT2D eigenvalue weighted by molar-refractivity contribution is 6.02. The van der Waals surface area contributed by atoms with Crippen LogP contribution < -0.4 is 5.32 Å². The van der Waals surface area contributed by atoms with Crippen LogP contribution in [0.2, 0.25) is 0 Å². The average Bonchev–Trinajstić information content (AvgIpc) is 2.90. The largest absolute Gasteiger partial charge is 0.477 e. The number of amides is 1. The second-order valence-electron chi connectivity index (χ2n) is 5.22. The van der Waals surface area contributed by atoms with Gasteiger partial charge in [-0.15, -0.1) is 0 Å². The molecule has 0 unspecified atom stereocenters. The van der Waals surface area contributed by atoms with Gasteiger partial charge in [0, 0.05) is 6.54 Å². The Morgan fingerprint density at radius 1 is 1.50 bits per heavy atom. The molecule has 1 aliphatic rings. The van der Waals surface area contributed by atoms with Gasteiger partial charge in [0.15, 0.2) is 11.4 Å². The summed E-state index contributed by atoms with van der Waals surface area (Å²) < 4.78 is 0. The van der Waals surface area contributed by atoms with E-state index in [1.807, 2.05) is 0 Å². The summed E-state index contributed by atoms with van der Waals surface area (Å²) in [4.78, 5) is 31.3. The van der Waals surface area contributed by atoms with Crippen molar-refractivity contribution in [2.75, 3.05) is 26.7 Å². The standard InChI is InChI=1S/C13H20N4O3/c1-17-6-3-9(4-7-17)2-5-14-12(18)10-11(13(19)20)16-8-15-10/h8-9H,2-7H2,1H3,(H,14,18)(H,15,16)(H,19,20). The van der Waals surface area contributed by atoms with Crippen LogP contribution in [-0.4, -0.2) is 58.5 Å². The number of aromatic amines is 1. The van der Waals surface area contributed by atoms with Crippen LogP contribution in [0.25, 0.3) is 0 Å². The highest BCUT2D eigenvalue weighted by atomic mass is 16.4. The highest BCUT2D eigenvalue weighted by Crippen LogP contribution is 2.18. The van der Waals surface area contributed by atoms with E-state index < -0.39 is 11.9 Å². The van der Waals surface area contributed by atoms with Gasteiger partial charge in [-0.2, -0.15) is 0 Å². The number of hydrogen-bond acceptors (Lipinski definition) is 4. The van der Waals surface area contributed by atoms with Crippen molar-refractivity contribution in [1.29, 1.82) is 0 Å². The maximum atomic E-state index is 11.9. The lowest BCUT2D eigenvalue weighted by Gasteiger charge is -2.28. The van der Waals surface area contributed by atoms with Crippen LogP contribution in [0.5, 0.6) is 0 Å². The SMILES string of the molecule is CN1CCC(CCNC(=O)c2nc[nH]c2C(=O)O)CC1. The number of carbonyl (C=O) groups is 2. The Morgan fingerprint density at radius 3 is 2.85 bits per heavy atom. The van der Waals surface area contributed by atoms with Crippen molar-refractivity contribution in [3.63, 3.8) is 0 Å². The predicted octanol–water partition coefficient (Wildman–Crippen LogP) is 0.570. The molecule has 1 fully saturated rings. The van der Waals surface area contributed by atoms with Gasteiger partial charge in [-0.3, -0.25) is 4.79 Å². The number of aromatic nitrogens is 2. The molecular weight excluding hydrogens is 260 g/mol. The summed E-state index contributed by atoms with van der Waals surface area (Å²) in [5.74, 6) is -0.982. The van der Waals surface area contributed by atoms with Gasteiger partial charge in [0.2, 0.25) is 0 Å². The smallest absolute Gasteiger partial charge is 0.354 e. The third kappa shape index (κ3) is 3.57. The molecule has 1 aliphatic heterocycles. The summed E-state index contributed by atoms with van der Waals surface area (Å²) in [5, 5.41) is 11.6. The molecule has 1 amide bonds. The fourth-order valence-corrected chi connectivity index (χ4v) is 2.45. The Kier molecular flexibility index (Phi) is 4.73. The van der Waals surface area contributed by atoms with Crippen LogP contribution in [0.4, 0.5) is 0 Å². The molecular formula is C13H20N4O3. The van der Waals surface area contributed by atoms with E-state index in [4.69, 9.17) is 5.11 Å². The van der Waals surface area contributed by atoms with Crippen molar-refractivity contribution < 1.29 is 14.7 Å². The molecule has 2 rings (SSSR count). The van der Waals surface area contributed by atoms with Crippen molar-refractivity contribution in [3.8, 4) is 0 Å². The Bertz CT molecular complexity index is 478. The number of aromatic carboxylic acids is 1. The molecule has 0 aliphatic carbocycles. The fraction of sp³-hybridized carbons (Fsp3) is 0.615. The average molecular weight is 280 g/mol. The van der Waals surface area contributed by atoms with Crippen molar-refractivity contribution in [1.82, 2.24) is 20.2 Å². The first-order chi connectivity index (χ1) is 9.58. The van der Waals surface area contributed by atoms with E-state index in [-0.39, 0.29) is 11.4 Å². The maximum absolute atomic E-state index is 11.9. The fourth-order valence-electron chi connectivity index (χ4n) is 2.45. The quantitative estimate of drug-likeness (QED) is 0.732. The first-order valence-electron chi connectivity index (χ1n) is 6.81. The molecule has 20 heavy (non-hydrogen) atoms. The maximum Gasteiger partial charge on any atom is 0.354 e. The van der Waals surface area contributed by atoms with Crippen LogP contribution in [0.3, 0.4) is 0 Å². The van der Waals surface area contributed by atoms with Crippen molar-refractivity contribution in [2.24, 2.45) is 5.92 Å². The highest BCUT2D eigenvalue weighted by Gasteiger charge is 2.20. The predicted molar refractivity (Wildman–Crippen MR) is 72.7 cm³/mol. The van der Waals surface area contributed by atoms with Gasteiger partial charge in [-0.1, -0.05) is 0 Å². The van der Waals surface area contributed by atoms with Crippen LogP contribution in [0.15, 0.2) is 6.33 Å². The zero-order chi connectivity index (χ0) is 14.5. The zero-order valence-electron chi connectivity index (χ0n) is 11.6. The third-order valence-electron chi connectivity index (χ3n) is 3.74. The van der Waals surface area contributed by atoms with Crippen molar-refractivity contribution >= 4 is 11.9 Å². The van der Waals surface area contributed by atoms with Gasteiger partial charge in [0.05, 0.1) is 6.33 Å². The summed E-state index contributed by atoms with van der Waals surface area (Å²) in [6.45, 7) is 2.75. The van der Waals surface area contributed by atoms with Crippen LogP contribution in [0.1, 0.15) is 40.2 Å². The molecule has 1 saturated heterocycles. The summed E-state index contributed by atoms with van der Waals surface area (Å²) in [6.07, 6.45) is 4.44. The van der Waals surface area contributed by atoms with E-state index in [0.717, 1.165) is 32.4 Å². The van der Waals surface area contributed by atoms with Crippen LogP contribution in [-0.2, 0) is 0 Å². The van der Waals surface area contributed by atoms with Gasteiger partial charge in [0.1, 0.15) is 0 Å². The van der Waals surface area contributed by atoms with E-state index in [2.05, 4.69) is 27.2 Å². The lowest BCUT2D eigenvalue weighted by Crippen LogP contribution is -2.33. The number of carboxylic acids is 1. The van der Waals surface area contributed by atoms with Gasteiger partial charge in [-0.05, 0) is 45.3 Å². The Labute approximate surface area is 117 Å². The number of hydrogen-bond donors (Lipinski definition) is 3. The molecule has 1 aromatic rings. The van der Waals surface area contributed by atoms with E-state index in [0.29, 0.717) is 12.5 Å². The van der Waals surface area contributed by atoms with Crippen LogP contribution in [0, 0.1) is 5.92 Å². The Balaban J connectivity index is 1.78. The number of nitrogens with one attached hydrogen (secondary N) is 2. The van der Waals surface area contributed by atoms with E-state index in [9.17, 15) is 9.59 Å². The zero-order valence-corrected chi connectivity index (χ0v) is 11.6. The molecule has 1 aromatic heterocycles. The van der Waals surface area contributed by atoms with Crippen LogP contribution >= 0.6 is 0 Å². The first kappa shape index (κ1) is 14.5. The molecule has 0 saturated carbocycles. The number of carbonyl (C=O) groups excluding carboxylic acids is 1. The summed E-state index contributed by atoms with van der Waals surface area (Å²) in [7, 11) is 2.11. The monoisotopic (exact) mass is 280 g/mol. The Hall–Kier alpha value is -1.89. The topological polar surface area (TPSA) is 98.3 Å². The van der Waals surface area contributed by atoms with Crippen molar-refractivity contribution in [3.05, 3.63) is 17.7 Å². The number of likely N-dealkylation sites (tertiary alicyclic amines) is 1. The van der Waals surface area contributed by atoms with E-state index >= 15 is 0 Å². The van der Waals surface area contributed by atoms with Gasteiger partial charge < -0.3 is 20.3 Å². The second-order valence-corrected chi connectivity index (χ2v) is 5.22. The lowest BCUT2D eigenvalue weighted by atomic mass is 9.94. The summed E-state index contributed by atoms with van der Waals surface area (Å²) in [5.41, 5.74) is -0.220. The molecule has 7 heteroatoms. The number of rotatable bonds is 5. The van der Waals surface area contributed by atoms with E-state index in [1.165, 1.54) is 6.33 Å². The Morgan fingerprint density at radius 2 is 2.20 bits per heavy atom. The molecule has 7 nitrogen and oxygen atoms in total. The molecule has 2 heterocycles. The normalized spacial score (nSPS) is 17.1. The molecule has 0 atom stereocenters. The molecule has 0 bridgehead atoms. The molecule has 0 radical (unpaired) electrons. The number of nitrogens with zero attached hydrogens (tertiary/aromatic N) is 2. The van der Waals surface area contributed by atoms with Gasteiger partial charge in [0.25, 0.3) is 5.91 Å². The molecule has 0 spiro atoms. The summed E-state index contributed by atoms with van der Waals surface area (Å²) in [6, 6.07) is 0. The minimum Gasteiger partial charge on any atom is -0.477 e. The second kappa shape index (κ2) is 6.51. The molecule has 110 valence electrons. The number of H-pyrrole nitrogens is 1. The van der Waals surface area contributed by atoms with Gasteiger partial charge >= 0.3 is 5.97 Å². The first-order valence-corrected chi connectivity index (χ1v) is 6.81. The number of imidazole rings is 1. The van der Waals surface area contributed by atoms with E-state index in [1.54, 1.807) is 0 Å². The molecule has 3 N–H and O–H groups in total.